The van der Waals surface area contributed by atoms with E-state index in [4.69, 9.17) is 9.47 Å². The first kappa shape index (κ1) is 15.5. The lowest BCUT2D eigenvalue weighted by atomic mass is 9.82. The molecule has 1 rings (SSSR count). The average molecular weight is 265 g/mol. The van der Waals surface area contributed by atoms with E-state index in [2.05, 4.69) is 26.1 Å². The monoisotopic (exact) mass is 265 g/mol. The van der Waals surface area contributed by atoms with Gasteiger partial charge in [0.2, 0.25) is 0 Å². The number of hydrogen-bond donors (Lipinski definition) is 1. The van der Waals surface area contributed by atoms with Gasteiger partial charge in [0, 0.05) is 12.8 Å². The van der Waals surface area contributed by atoms with E-state index in [1.165, 1.54) is 5.56 Å². The molecule has 0 atom stereocenters. The minimum atomic E-state index is -0.459. The average Bonchev–Trinajstić information content (AvgIpc) is 2.39. The van der Waals surface area contributed by atoms with E-state index >= 15 is 0 Å². The van der Waals surface area contributed by atoms with Gasteiger partial charge in [-0.05, 0) is 29.5 Å². The molecule has 0 radical (unpaired) electrons. The van der Waals surface area contributed by atoms with E-state index in [1.54, 1.807) is 7.11 Å². The topological polar surface area (TPSA) is 47.6 Å². The van der Waals surface area contributed by atoms with Crippen LogP contribution in [0.2, 0.25) is 0 Å². The highest BCUT2D eigenvalue weighted by Gasteiger charge is 2.17. The Morgan fingerprint density at radius 3 is 2.37 bits per heavy atom. The third-order valence-corrected chi connectivity index (χ3v) is 3.32. The van der Waals surface area contributed by atoms with Gasteiger partial charge in [-0.2, -0.15) is 0 Å². The van der Waals surface area contributed by atoms with Gasteiger partial charge in [-0.25, -0.2) is 4.79 Å². The predicted molar refractivity (Wildman–Crippen MR) is 76.6 cm³/mol. The number of amides is 1. The zero-order valence-electron chi connectivity index (χ0n) is 12.2. The molecule has 0 bridgehead atoms. The third-order valence-electron chi connectivity index (χ3n) is 3.32. The Hall–Kier alpha value is -1.55. The zero-order chi connectivity index (χ0) is 14.3. The quantitative estimate of drug-likeness (QED) is 0.800. The van der Waals surface area contributed by atoms with Gasteiger partial charge in [0.1, 0.15) is 6.61 Å². The van der Waals surface area contributed by atoms with Gasteiger partial charge >= 0.3 is 6.09 Å². The summed E-state index contributed by atoms with van der Waals surface area (Å²) < 4.78 is 9.73. The van der Waals surface area contributed by atoms with Crippen LogP contribution >= 0.6 is 0 Å². The van der Waals surface area contributed by atoms with Gasteiger partial charge in [0.15, 0.2) is 0 Å². The van der Waals surface area contributed by atoms with Crippen molar-refractivity contribution in [3.63, 3.8) is 0 Å². The van der Waals surface area contributed by atoms with Crippen LogP contribution in [-0.4, -0.2) is 26.4 Å². The normalized spacial score (nSPS) is 11.2. The second kappa shape index (κ2) is 7.14. The van der Waals surface area contributed by atoms with Crippen LogP contribution < -0.4 is 5.32 Å². The molecule has 0 aromatic heterocycles. The van der Waals surface area contributed by atoms with Crippen LogP contribution in [0.5, 0.6) is 0 Å². The number of methoxy groups -OCH3 is 1. The number of carbonyl (C=O) groups excluding carboxylic acids is 1. The Balaban J connectivity index is 2.55. The smallest absolute Gasteiger partial charge is 0.411 e. The molecular weight excluding hydrogens is 242 g/mol. The number of carbonyl (C=O) groups is 1. The van der Waals surface area contributed by atoms with Crippen molar-refractivity contribution < 1.29 is 14.3 Å². The Morgan fingerprint density at radius 2 is 1.84 bits per heavy atom. The molecule has 0 spiro atoms. The molecule has 0 fully saturated rings. The second-order valence-electron chi connectivity index (χ2n) is 5.07. The molecular formula is C15H23NO3. The fourth-order valence-electron chi connectivity index (χ4n) is 1.58. The summed E-state index contributed by atoms with van der Waals surface area (Å²) in [6, 6.07) is 7.86. The molecule has 0 saturated heterocycles. The molecule has 19 heavy (non-hydrogen) atoms. The summed E-state index contributed by atoms with van der Waals surface area (Å²) in [5.74, 6) is 0. The number of benzene rings is 1. The molecule has 0 heterocycles. The summed E-state index contributed by atoms with van der Waals surface area (Å²) in [4.78, 5) is 11.4. The minimum absolute atomic E-state index is 0.150. The van der Waals surface area contributed by atoms with Crippen molar-refractivity contribution in [2.24, 2.45) is 0 Å². The van der Waals surface area contributed by atoms with E-state index in [0.29, 0.717) is 6.61 Å². The van der Waals surface area contributed by atoms with Crippen LogP contribution in [-0.2, 0) is 14.9 Å². The maximum atomic E-state index is 11.4. The van der Waals surface area contributed by atoms with Crippen molar-refractivity contribution in [1.82, 2.24) is 0 Å². The molecule has 1 N–H and O–H groups in total. The van der Waals surface area contributed by atoms with Crippen LogP contribution in [0.25, 0.3) is 0 Å². The summed E-state index contributed by atoms with van der Waals surface area (Å²) in [5.41, 5.74) is 2.14. The van der Waals surface area contributed by atoms with Gasteiger partial charge in [0.25, 0.3) is 0 Å². The maximum absolute atomic E-state index is 11.4. The van der Waals surface area contributed by atoms with Crippen molar-refractivity contribution in [1.29, 1.82) is 0 Å². The third kappa shape index (κ3) is 4.91. The minimum Gasteiger partial charge on any atom is -0.447 e. The maximum Gasteiger partial charge on any atom is 0.411 e. The van der Waals surface area contributed by atoms with Gasteiger partial charge < -0.3 is 9.47 Å². The Labute approximate surface area is 115 Å². The van der Waals surface area contributed by atoms with Gasteiger partial charge in [-0.1, -0.05) is 32.9 Å². The molecule has 1 amide bonds. The van der Waals surface area contributed by atoms with Crippen LogP contribution in [0.3, 0.4) is 0 Å². The Kier molecular flexibility index (Phi) is 5.83. The fourth-order valence-corrected chi connectivity index (χ4v) is 1.58. The second-order valence-corrected chi connectivity index (χ2v) is 5.07. The lowest BCUT2D eigenvalue weighted by Gasteiger charge is -2.23. The molecule has 0 aliphatic heterocycles. The lowest BCUT2D eigenvalue weighted by molar-refractivity contribution is 0.107. The highest BCUT2D eigenvalue weighted by Crippen LogP contribution is 2.27. The standard InChI is InChI=1S/C15H23NO3/c1-5-15(2,3)12-6-8-13(9-7-12)16-14(17)19-11-10-18-4/h6-9H,5,10-11H2,1-4H3,(H,16,17). The van der Waals surface area contributed by atoms with Crippen molar-refractivity contribution in [3.8, 4) is 0 Å². The number of hydrogen-bond acceptors (Lipinski definition) is 3. The molecule has 106 valence electrons. The van der Waals surface area contributed by atoms with E-state index in [1.807, 2.05) is 24.3 Å². The first-order valence-electron chi connectivity index (χ1n) is 6.53. The van der Waals surface area contributed by atoms with Crippen LogP contribution in [0.15, 0.2) is 24.3 Å². The molecule has 0 aliphatic rings. The number of rotatable bonds is 6. The fraction of sp³-hybridized carbons (Fsp3) is 0.533. The highest BCUT2D eigenvalue weighted by atomic mass is 16.6. The summed E-state index contributed by atoms with van der Waals surface area (Å²) in [5, 5.41) is 2.68. The zero-order valence-corrected chi connectivity index (χ0v) is 12.2. The SMILES string of the molecule is CCC(C)(C)c1ccc(NC(=O)OCCOC)cc1. The molecule has 0 aliphatic carbocycles. The largest absolute Gasteiger partial charge is 0.447 e. The van der Waals surface area contributed by atoms with E-state index in [0.717, 1.165) is 12.1 Å². The van der Waals surface area contributed by atoms with Gasteiger partial charge in [0.05, 0.1) is 6.61 Å². The van der Waals surface area contributed by atoms with Crippen molar-refractivity contribution in [2.75, 3.05) is 25.6 Å². The number of ether oxygens (including phenoxy) is 2. The highest BCUT2D eigenvalue weighted by molar-refractivity contribution is 5.84. The first-order valence-corrected chi connectivity index (χ1v) is 6.53. The van der Waals surface area contributed by atoms with Gasteiger partial charge in [-0.3, -0.25) is 5.32 Å². The molecule has 4 nitrogen and oxygen atoms in total. The van der Waals surface area contributed by atoms with E-state index in [-0.39, 0.29) is 12.0 Å². The molecule has 0 saturated carbocycles. The number of nitrogens with one attached hydrogen (secondary N) is 1. The van der Waals surface area contributed by atoms with Crippen molar-refractivity contribution in [2.45, 2.75) is 32.6 Å². The summed E-state index contributed by atoms with van der Waals surface area (Å²) in [6.07, 6.45) is 0.610. The summed E-state index contributed by atoms with van der Waals surface area (Å²) in [6.45, 7) is 7.22. The van der Waals surface area contributed by atoms with E-state index < -0.39 is 6.09 Å². The Bertz CT molecular complexity index is 398. The summed E-state index contributed by atoms with van der Waals surface area (Å²) in [7, 11) is 1.56. The van der Waals surface area contributed by atoms with Crippen LogP contribution in [0, 0.1) is 0 Å². The van der Waals surface area contributed by atoms with Crippen LogP contribution in [0.4, 0.5) is 10.5 Å². The molecule has 0 unspecified atom stereocenters. The van der Waals surface area contributed by atoms with Crippen molar-refractivity contribution in [3.05, 3.63) is 29.8 Å². The van der Waals surface area contributed by atoms with E-state index in [9.17, 15) is 4.79 Å². The first-order chi connectivity index (χ1) is 8.99. The summed E-state index contributed by atoms with van der Waals surface area (Å²) >= 11 is 0. The van der Waals surface area contributed by atoms with Crippen molar-refractivity contribution >= 4 is 11.8 Å². The molecule has 1 aromatic carbocycles. The lowest BCUT2D eigenvalue weighted by Crippen LogP contribution is -2.17. The molecule has 4 heteroatoms. The number of anilines is 1. The Morgan fingerprint density at radius 1 is 1.21 bits per heavy atom. The molecule has 1 aromatic rings. The predicted octanol–water partition coefficient (Wildman–Crippen LogP) is 3.57. The van der Waals surface area contributed by atoms with Gasteiger partial charge in [-0.15, -0.1) is 0 Å². The van der Waals surface area contributed by atoms with Crippen LogP contribution in [0.1, 0.15) is 32.8 Å².